The first-order valence-electron chi connectivity index (χ1n) is 8.97. The first-order valence-corrected chi connectivity index (χ1v) is 12.0. The standard InChI is InChI=1S/C22H14ClNO4S3/c23-16-5-4-6-17(14-16)24-21(25)20(30-22(24)29)13-15-9-11-18(12-10-15)28-31(26,27)19-7-2-1-3-8-19/h1-14H/b20-13+. The molecule has 0 aliphatic carbocycles. The molecule has 1 aliphatic heterocycles. The Bertz CT molecular complexity index is 1290. The average molecular weight is 488 g/mol. The molecule has 1 aliphatic rings. The fourth-order valence-corrected chi connectivity index (χ4v) is 5.27. The van der Waals surface area contributed by atoms with Crippen molar-refractivity contribution in [1.29, 1.82) is 0 Å². The molecule has 0 bridgehead atoms. The van der Waals surface area contributed by atoms with Crippen LogP contribution >= 0.6 is 35.6 Å². The largest absolute Gasteiger partial charge is 0.379 e. The van der Waals surface area contributed by atoms with Crippen LogP contribution in [-0.2, 0) is 14.9 Å². The second-order valence-corrected chi connectivity index (χ2v) is 10.1. The number of thiocarbonyl (C=S) groups is 1. The summed E-state index contributed by atoms with van der Waals surface area (Å²) in [6, 6.07) is 21.2. The fraction of sp³-hybridized carbons (Fsp3) is 0. The molecule has 1 heterocycles. The molecule has 31 heavy (non-hydrogen) atoms. The van der Waals surface area contributed by atoms with Crippen molar-refractivity contribution in [3.05, 3.63) is 94.4 Å². The molecule has 0 atom stereocenters. The number of nitrogens with zero attached hydrogens (tertiary/aromatic N) is 1. The van der Waals surface area contributed by atoms with Gasteiger partial charge in [-0.2, -0.15) is 8.42 Å². The lowest BCUT2D eigenvalue weighted by Gasteiger charge is -2.14. The topological polar surface area (TPSA) is 63.7 Å². The number of anilines is 1. The minimum atomic E-state index is -3.91. The molecule has 9 heteroatoms. The molecule has 5 nitrogen and oxygen atoms in total. The van der Waals surface area contributed by atoms with Crippen molar-refractivity contribution in [2.24, 2.45) is 0 Å². The zero-order valence-electron chi connectivity index (χ0n) is 15.8. The van der Waals surface area contributed by atoms with Gasteiger partial charge < -0.3 is 4.18 Å². The molecular formula is C22H14ClNO4S3. The van der Waals surface area contributed by atoms with Crippen LogP contribution in [0.2, 0.25) is 5.02 Å². The van der Waals surface area contributed by atoms with Crippen molar-refractivity contribution in [2.75, 3.05) is 4.90 Å². The number of halogens is 1. The first-order chi connectivity index (χ1) is 14.8. The Morgan fingerprint density at radius 2 is 1.68 bits per heavy atom. The van der Waals surface area contributed by atoms with E-state index in [1.54, 1.807) is 60.7 Å². The van der Waals surface area contributed by atoms with Gasteiger partial charge in [-0.25, -0.2) is 0 Å². The Morgan fingerprint density at radius 3 is 2.35 bits per heavy atom. The van der Waals surface area contributed by atoms with Gasteiger partial charge >= 0.3 is 10.1 Å². The zero-order valence-corrected chi connectivity index (χ0v) is 19.0. The molecule has 0 unspecified atom stereocenters. The summed E-state index contributed by atoms with van der Waals surface area (Å²) in [5.41, 5.74) is 1.31. The van der Waals surface area contributed by atoms with E-state index >= 15 is 0 Å². The van der Waals surface area contributed by atoms with Gasteiger partial charge in [-0.15, -0.1) is 0 Å². The highest BCUT2D eigenvalue weighted by Crippen LogP contribution is 2.36. The molecule has 1 saturated heterocycles. The molecule has 1 fully saturated rings. The van der Waals surface area contributed by atoms with Gasteiger partial charge in [0, 0.05) is 5.02 Å². The predicted octanol–water partition coefficient (Wildman–Crippen LogP) is 5.51. The molecule has 0 radical (unpaired) electrons. The van der Waals surface area contributed by atoms with Gasteiger partial charge in [0.2, 0.25) is 0 Å². The maximum Gasteiger partial charge on any atom is 0.339 e. The molecule has 1 amide bonds. The monoisotopic (exact) mass is 487 g/mol. The van der Waals surface area contributed by atoms with Crippen molar-refractivity contribution in [3.63, 3.8) is 0 Å². The minimum absolute atomic E-state index is 0.0729. The summed E-state index contributed by atoms with van der Waals surface area (Å²) >= 11 is 12.6. The summed E-state index contributed by atoms with van der Waals surface area (Å²) < 4.78 is 30.2. The van der Waals surface area contributed by atoms with E-state index in [0.29, 0.717) is 25.5 Å². The first kappa shape index (κ1) is 21.6. The Hall–Kier alpha value is -2.65. The molecule has 0 aromatic heterocycles. The third-order valence-corrected chi connectivity index (χ3v) is 7.07. The maximum absolute atomic E-state index is 12.8. The lowest BCUT2D eigenvalue weighted by atomic mass is 10.2. The summed E-state index contributed by atoms with van der Waals surface area (Å²) in [5.74, 6) is -0.0725. The third-order valence-electron chi connectivity index (χ3n) is 4.28. The van der Waals surface area contributed by atoms with Crippen LogP contribution in [0, 0.1) is 0 Å². The summed E-state index contributed by atoms with van der Waals surface area (Å²) in [7, 11) is -3.91. The van der Waals surface area contributed by atoms with E-state index in [-0.39, 0.29) is 16.6 Å². The molecule has 3 aromatic rings. The van der Waals surface area contributed by atoms with Crippen LogP contribution in [0.25, 0.3) is 6.08 Å². The Morgan fingerprint density at radius 1 is 0.968 bits per heavy atom. The molecule has 3 aromatic carbocycles. The van der Waals surface area contributed by atoms with Crippen molar-refractivity contribution in [3.8, 4) is 5.75 Å². The van der Waals surface area contributed by atoms with Crippen molar-refractivity contribution >= 4 is 67.7 Å². The van der Waals surface area contributed by atoms with Crippen LogP contribution < -0.4 is 9.08 Å². The van der Waals surface area contributed by atoms with E-state index in [1.165, 1.54) is 40.9 Å². The van der Waals surface area contributed by atoms with E-state index in [1.807, 2.05) is 0 Å². The SMILES string of the molecule is O=C1/C(=C\c2ccc(OS(=O)(=O)c3ccccc3)cc2)SC(=S)N1c1cccc(Cl)c1. The Balaban J connectivity index is 1.52. The minimum Gasteiger partial charge on any atom is -0.379 e. The van der Waals surface area contributed by atoms with E-state index in [9.17, 15) is 13.2 Å². The summed E-state index contributed by atoms with van der Waals surface area (Å²) in [5, 5.41) is 0.511. The van der Waals surface area contributed by atoms with Gasteiger partial charge in [0.25, 0.3) is 5.91 Å². The number of amides is 1. The van der Waals surface area contributed by atoms with E-state index in [0.717, 1.165) is 0 Å². The van der Waals surface area contributed by atoms with Crippen LogP contribution in [0.3, 0.4) is 0 Å². The molecule has 156 valence electrons. The number of carbonyl (C=O) groups excluding carboxylic acids is 1. The Labute approximate surface area is 194 Å². The van der Waals surface area contributed by atoms with Crippen LogP contribution in [0.1, 0.15) is 5.56 Å². The van der Waals surface area contributed by atoms with Gasteiger partial charge in [-0.05, 0) is 54.1 Å². The molecule has 0 saturated carbocycles. The van der Waals surface area contributed by atoms with Crippen molar-refractivity contribution in [1.82, 2.24) is 0 Å². The lowest BCUT2D eigenvalue weighted by molar-refractivity contribution is -0.113. The lowest BCUT2D eigenvalue weighted by Crippen LogP contribution is -2.27. The molecule has 0 spiro atoms. The maximum atomic E-state index is 12.8. The highest BCUT2D eigenvalue weighted by molar-refractivity contribution is 8.27. The van der Waals surface area contributed by atoms with Crippen molar-refractivity contribution in [2.45, 2.75) is 4.90 Å². The molecule has 0 N–H and O–H groups in total. The molecule has 4 rings (SSSR count). The normalized spacial score (nSPS) is 15.5. The van der Waals surface area contributed by atoms with Gasteiger partial charge in [0.15, 0.2) is 4.32 Å². The number of hydrogen-bond acceptors (Lipinski definition) is 6. The van der Waals surface area contributed by atoms with Crippen LogP contribution in [0.4, 0.5) is 5.69 Å². The quantitative estimate of drug-likeness (QED) is 0.268. The fourth-order valence-electron chi connectivity index (χ4n) is 2.84. The van der Waals surface area contributed by atoms with Crippen LogP contribution in [-0.4, -0.2) is 18.6 Å². The number of benzene rings is 3. The van der Waals surface area contributed by atoms with Crippen LogP contribution in [0.15, 0.2) is 88.7 Å². The van der Waals surface area contributed by atoms with Gasteiger partial charge in [-0.1, -0.05) is 72.0 Å². The van der Waals surface area contributed by atoms with Gasteiger partial charge in [-0.3, -0.25) is 9.69 Å². The highest BCUT2D eigenvalue weighted by Gasteiger charge is 2.33. The average Bonchev–Trinajstić information content (AvgIpc) is 3.03. The number of hydrogen-bond donors (Lipinski definition) is 0. The van der Waals surface area contributed by atoms with Gasteiger partial charge in [0.05, 0.1) is 10.6 Å². The predicted molar refractivity (Wildman–Crippen MR) is 128 cm³/mol. The molecular weight excluding hydrogens is 474 g/mol. The third kappa shape index (κ3) is 4.83. The van der Waals surface area contributed by atoms with E-state index in [2.05, 4.69) is 0 Å². The van der Waals surface area contributed by atoms with Gasteiger partial charge in [0.1, 0.15) is 10.6 Å². The van der Waals surface area contributed by atoms with Crippen LogP contribution in [0.5, 0.6) is 5.75 Å². The van der Waals surface area contributed by atoms with Crippen molar-refractivity contribution < 1.29 is 17.4 Å². The number of rotatable bonds is 5. The zero-order chi connectivity index (χ0) is 22.0. The Kier molecular flexibility index (Phi) is 6.15. The number of thioether (sulfide) groups is 1. The highest BCUT2D eigenvalue weighted by atomic mass is 35.5. The summed E-state index contributed by atoms with van der Waals surface area (Å²) in [6.45, 7) is 0. The number of carbonyl (C=O) groups is 1. The second kappa shape index (κ2) is 8.84. The summed E-state index contributed by atoms with van der Waals surface area (Å²) in [6.07, 6.45) is 1.69. The van der Waals surface area contributed by atoms with E-state index < -0.39 is 10.1 Å². The second-order valence-electron chi connectivity index (χ2n) is 6.42. The summed E-state index contributed by atoms with van der Waals surface area (Å²) in [4.78, 5) is 14.8. The van der Waals surface area contributed by atoms with E-state index in [4.69, 9.17) is 28.0 Å². The smallest absolute Gasteiger partial charge is 0.339 e.